The monoisotopic (exact) mass is 315 g/mol. The van der Waals surface area contributed by atoms with E-state index in [1.54, 1.807) is 24.9 Å². The summed E-state index contributed by atoms with van der Waals surface area (Å²) >= 11 is 1.76. The molecule has 1 aromatic rings. The van der Waals surface area contributed by atoms with Gasteiger partial charge in [-0.05, 0) is 44.7 Å². The van der Waals surface area contributed by atoms with Crippen molar-refractivity contribution >= 4 is 17.7 Å². The number of nitrogens with one attached hydrogen (secondary N) is 2. The number of nitrogens with zero attached hydrogens (tertiary/aromatic N) is 1. The molecule has 1 rings (SSSR count). The first-order chi connectivity index (χ1) is 9.79. The van der Waals surface area contributed by atoms with Gasteiger partial charge in [-0.1, -0.05) is 6.07 Å². The molecular weight excluding hydrogens is 292 g/mol. The van der Waals surface area contributed by atoms with Crippen molar-refractivity contribution in [2.24, 2.45) is 4.99 Å². The number of hydrogen-bond acceptors (Lipinski definition) is 2. The van der Waals surface area contributed by atoms with Crippen molar-refractivity contribution in [3.05, 3.63) is 35.4 Å². The first kappa shape index (κ1) is 17.8. The van der Waals surface area contributed by atoms with Crippen LogP contribution < -0.4 is 10.6 Å². The predicted octanol–water partition coefficient (Wildman–Crippen LogP) is 3.33. The molecule has 0 aliphatic carbocycles. The second-order valence-corrected chi connectivity index (χ2v) is 6.94. The molecule has 3 nitrogen and oxygen atoms in total. The Bertz CT molecular complexity index is 504. The molecule has 1 atom stereocenters. The first-order valence-electron chi connectivity index (χ1n) is 6.76. The molecule has 21 heavy (non-hydrogen) atoms. The maximum Gasteiger partial charge on any atom is 0.191 e. The van der Waals surface area contributed by atoms with Crippen LogP contribution in [0.25, 0.3) is 0 Å². The van der Waals surface area contributed by atoms with Gasteiger partial charge in [0.25, 0.3) is 0 Å². The Morgan fingerprint density at radius 3 is 2.52 bits per heavy atom. The van der Waals surface area contributed by atoms with Crippen LogP contribution in [-0.4, -0.2) is 30.6 Å². The molecule has 0 aliphatic rings. The van der Waals surface area contributed by atoms with Crippen LogP contribution in [0, 0.1) is 11.6 Å². The lowest BCUT2D eigenvalue weighted by Crippen LogP contribution is -2.44. The average molecular weight is 315 g/mol. The Morgan fingerprint density at radius 1 is 1.33 bits per heavy atom. The third-order valence-electron chi connectivity index (χ3n) is 3.25. The van der Waals surface area contributed by atoms with Crippen LogP contribution in [0.1, 0.15) is 32.4 Å². The number of halogens is 2. The lowest BCUT2D eigenvalue weighted by atomic mass is 10.1. The zero-order chi connectivity index (χ0) is 16.0. The molecule has 0 radical (unpaired) electrons. The van der Waals surface area contributed by atoms with Gasteiger partial charge in [0, 0.05) is 18.3 Å². The quantitative estimate of drug-likeness (QED) is 0.646. The zero-order valence-electron chi connectivity index (χ0n) is 13.1. The molecule has 0 heterocycles. The number of thioether (sulfide) groups is 1. The number of benzene rings is 1. The van der Waals surface area contributed by atoms with Crippen molar-refractivity contribution in [2.75, 3.05) is 19.8 Å². The van der Waals surface area contributed by atoms with Crippen molar-refractivity contribution in [1.82, 2.24) is 10.6 Å². The summed E-state index contributed by atoms with van der Waals surface area (Å²) in [5.41, 5.74) is 0.668. The zero-order valence-corrected chi connectivity index (χ0v) is 13.9. The van der Waals surface area contributed by atoms with Gasteiger partial charge < -0.3 is 10.6 Å². The molecule has 0 amide bonds. The fourth-order valence-corrected chi connectivity index (χ4v) is 1.85. The third kappa shape index (κ3) is 5.53. The summed E-state index contributed by atoms with van der Waals surface area (Å²) in [6.07, 6.45) is 2.06. The lowest BCUT2D eigenvalue weighted by Gasteiger charge is -2.25. The Balaban J connectivity index is 2.66. The Hall–Kier alpha value is -1.30. The molecule has 1 aromatic carbocycles. The van der Waals surface area contributed by atoms with Crippen molar-refractivity contribution in [1.29, 1.82) is 0 Å². The molecule has 0 aromatic heterocycles. The van der Waals surface area contributed by atoms with E-state index in [1.807, 2.05) is 6.92 Å². The highest BCUT2D eigenvalue weighted by molar-refractivity contribution is 7.99. The van der Waals surface area contributed by atoms with Crippen LogP contribution in [-0.2, 0) is 0 Å². The molecule has 0 bridgehead atoms. The average Bonchev–Trinajstić information content (AvgIpc) is 2.46. The molecule has 0 saturated heterocycles. The van der Waals surface area contributed by atoms with Gasteiger partial charge >= 0.3 is 0 Å². The van der Waals surface area contributed by atoms with Gasteiger partial charge in [-0.15, -0.1) is 0 Å². The predicted molar refractivity (Wildman–Crippen MR) is 86.9 cm³/mol. The van der Waals surface area contributed by atoms with Gasteiger partial charge in [0.2, 0.25) is 0 Å². The largest absolute Gasteiger partial charge is 0.355 e. The lowest BCUT2D eigenvalue weighted by molar-refractivity contribution is 0.504. The second kappa shape index (κ2) is 7.64. The highest BCUT2D eigenvalue weighted by atomic mass is 32.2. The summed E-state index contributed by atoms with van der Waals surface area (Å²) in [7, 11) is 1.68. The van der Waals surface area contributed by atoms with E-state index in [4.69, 9.17) is 0 Å². The summed E-state index contributed by atoms with van der Waals surface area (Å²) < 4.78 is 26.3. The minimum Gasteiger partial charge on any atom is -0.355 e. The fraction of sp³-hybridized carbons (Fsp3) is 0.533. The number of rotatable bonds is 5. The molecule has 0 spiro atoms. The summed E-state index contributed by atoms with van der Waals surface area (Å²) in [5, 5.41) is 6.40. The van der Waals surface area contributed by atoms with E-state index in [1.165, 1.54) is 6.07 Å². The molecule has 1 unspecified atom stereocenters. The summed E-state index contributed by atoms with van der Waals surface area (Å²) in [6.45, 7) is 6.89. The van der Waals surface area contributed by atoms with Gasteiger partial charge in [-0.2, -0.15) is 11.8 Å². The molecule has 6 heteroatoms. The minimum atomic E-state index is -0.840. The highest BCUT2D eigenvalue weighted by Crippen LogP contribution is 2.19. The van der Waals surface area contributed by atoms with Crippen LogP contribution >= 0.6 is 11.8 Å². The van der Waals surface area contributed by atoms with Crippen molar-refractivity contribution < 1.29 is 8.78 Å². The number of hydrogen-bond donors (Lipinski definition) is 2. The SMILES string of the molecule is CN=C(NCC(C)(C)SC)NC(C)c1ccc(F)c(F)c1. The van der Waals surface area contributed by atoms with Gasteiger partial charge in [-0.3, -0.25) is 4.99 Å². The van der Waals surface area contributed by atoms with Crippen LogP contribution in [0.4, 0.5) is 8.78 Å². The van der Waals surface area contributed by atoms with Gasteiger partial charge in [-0.25, -0.2) is 8.78 Å². The second-order valence-electron chi connectivity index (χ2n) is 5.43. The smallest absolute Gasteiger partial charge is 0.191 e. The van der Waals surface area contributed by atoms with E-state index >= 15 is 0 Å². The molecular formula is C15H23F2N3S. The molecule has 0 saturated carbocycles. The maximum absolute atomic E-state index is 13.3. The maximum atomic E-state index is 13.3. The van der Waals surface area contributed by atoms with E-state index in [9.17, 15) is 8.78 Å². The fourth-order valence-electron chi connectivity index (χ4n) is 1.63. The van der Waals surface area contributed by atoms with Crippen molar-refractivity contribution in [3.63, 3.8) is 0 Å². The van der Waals surface area contributed by atoms with Gasteiger partial charge in [0.05, 0.1) is 6.04 Å². The van der Waals surface area contributed by atoms with Gasteiger partial charge in [0.1, 0.15) is 0 Å². The van der Waals surface area contributed by atoms with E-state index in [2.05, 4.69) is 35.7 Å². The van der Waals surface area contributed by atoms with E-state index in [0.717, 1.165) is 12.6 Å². The van der Waals surface area contributed by atoms with Crippen LogP contribution in [0.5, 0.6) is 0 Å². The summed E-state index contributed by atoms with van der Waals surface area (Å²) in [5.74, 6) is -1.04. The summed E-state index contributed by atoms with van der Waals surface area (Å²) in [4.78, 5) is 4.15. The van der Waals surface area contributed by atoms with E-state index in [0.29, 0.717) is 11.5 Å². The molecule has 0 fully saturated rings. The first-order valence-corrected chi connectivity index (χ1v) is 7.99. The standard InChI is InChI=1S/C15H23F2N3S/c1-10(11-6-7-12(16)13(17)8-11)20-14(18-4)19-9-15(2,3)21-5/h6-8,10H,9H2,1-5H3,(H2,18,19,20). The Kier molecular flexibility index (Phi) is 6.45. The Morgan fingerprint density at radius 2 is 2.00 bits per heavy atom. The third-order valence-corrected chi connectivity index (χ3v) is 4.50. The summed E-state index contributed by atoms with van der Waals surface area (Å²) in [6, 6.07) is 3.72. The molecule has 118 valence electrons. The van der Waals surface area contributed by atoms with Gasteiger partial charge in [0.15, 0.2) is 17.6 Å². The molecule has 2 N–H and O–H groups in total. The highest BCUT2D eigenvalue weighted by Gasteiger charge is 2.17. The van der Waals surface area contributed by atoms with E-state index < -0.39 is 11.6 Å². The number of aliphatic imine (C=N–C) groups is 1. The Labute approximate surface area is 129 Å². The molecule has 0 aliphatic heterocycles. The normalized spacial score (nSPS) is 14.0. The van der Waals surface area contributed by atoms with Crippen LogP contribution in [0.15, 0.2) is 23.2 Å². The van der Waals surface area contributed by atoms with E-state index in [-0.39, 0.29) is 10.8 Å². The van der Waals surface area contributed by atoms with Crippen LogP contribution in [0.3, 0.4) is 0 Å². The van der Waals surface area contributed by atoms with Crippen LogP contribution in [0.2, 0.25) is 0 Å². The van der Waals surface area contributed by atoms with Crippen molar-refractivity contribution in [3.8, 4) is 0 Å². The topological polar surface area (TPSA) is 36.4 Å². The number of guanidine groups is 1. The minimum absolute atomic E-state index is 0.0862. The van der Waals surface area contributed by atoms with Crippen molar-refractivity contribution in [2.45, 2.75) is 31.6 Å².